The molecule has 2 aromatic carbocycles. The number of fused-ring (bicyclic) bond motifs is 1. The quantitative estimate of drug-likeness (QED) is 0.275. The summed E-state index contributed by atoms with van der Waals surface area (Å²) in [4.78, 5) is 36.8. The summed E-state index contributed by atoms with van der Waals surface area (Å²) in [6.07, 6.45) is 1.65. The molecule has 2 aromatic heterocycles. The van der Waals surface area contributed by atoms with E-state index in [9.17, 15) is 19.7 Å². The first kappa shape index (κ1) is 20.8. The van der Waals surface area contributed by atoms with Gasteiger partial charge in [0.2, 0.25) is 5.78 Å². The number of nitro groups is 1. The van der Waals surface area contributed by atoms with Gasteiger partial charge < -0.3 is 15.5 Å². The number of non-ortho nitro benzene ring substituents is 1. The number of nitrogens with one attached hydrogen (secondary N) is 1. The Hall–Kier alpha value is -4.46. The summed E-state index contributed by atoms with van der Waals surface area (Å²) in [5.74, 6) is -0.868. The molecular weight excluding hydrogens is 408 g/mol. The van der Waals surface area contributed by atoms with Crippen molar-refractivity contribution >= 4 is 34.3 Å². The highest BCUT2D eigenvalue weighted by Gasteiger charge is 2.26. The Bertz CT molecular complexity index is 1390. The zero-order chi connectivity index (χ0) is 23.0. The maximum absolute atomic E-state index is 13.3. The fraction of sp³-hybridized carbons (Fsp3) is 0.0833. The second-order valence-corrected chi connectivity index (χ2v) is 7.43. The molecule has 4 rings (SSSR count). The average molecular weight is 428 g/mol. The van der Waals surface area contributed by atoms with Gasteiger partial charge in [-0.15, -0.1) is 0 Å². The lowest BCUT2D eigenvalue weighted by molar-refractivity contribution is -0.384. The molecule has 0 bridgehead atoms. The van der Waals surface area contributed by atoms with Gasteiger partial charge in [-0.2, -0.15) is 0 Å². The molecule has 0 aliphatic carbocycles. The number of amides is 1. The molecule has 3 N–H and O–H groups in total. The first-order valence-corrected chi connectivity index (χ1v) is 9.85. The number of pyridine rings is 1. The molecule has 0 atom stereocenters. The Morgan fingerprint density at radius 1 is 1.00 bits per heavy atom. The number of nitrogens with two attached hydrogens (primary N) is 1. The van der Waals surface area contributed by atoms with Gasteiger partial charge in [0.25, 0.3) is 11.6 Å². The number of hydrogen-bond donors (Lipinski definition) is 2. The highest BCUT2D eigenvalue weighted by atomic mass is 16.6. The van der Waals surface area contributed by atoms with Crippen LogP contribution in [-0.4, -0.2) is 21.0 Å². The summed E-state index contributed by atoms with van der Waals surface area (Å²) in [6, 6.07) is 16.1. The number of nitrogen functional groups attached to an aromatic ring is 1. The molecule has 1 amide bonds. The minimum absolute atomic E-state index is 0.0439. The molecule has 32 heavy (non-hydrogen) atoms. The molecule has 8 nitrogen and oxygen atoms in total. The van der Waals surface area contributed by atoms with Crippen LogP contribution in [0.15, 0.2) is 66.9 Å². The van der Waals surface area contributed by atoms with Crippen LogP contribution >= 0.6 is 0 Å². The van der Waals surface area contributed by atoms with Crippen LogP contribution in [0.25, 0.3) is 5.52 Å². The number of carbonyl (C=O) groups is 2. The van der Waals surface area contributed by atoms with Gasteiger partial charge in [-0.05, 0) is 55.3 Å². The minimum Gasteiger partial charge on any atom is -0.396 e. The number of anilines is 2. The molecule has 0 unspecified atom stereocenters. The van der Waals surface area contributed by atoms with E-state index in [2.05, 4.69) is 5.32 Å². The van der Waals surface area contributed by atoms with Crippen LogP contribution in [-0.2, 0) is 0 Å². The summed E-state index contributed by atoms with van der Waals surface area (Å²) in [7, 11) is 0. The predicted molar refractivity (Wildman–Crippen MR) is 122 cm³/mol. The van der Waals surface area contributed by atoms with Crippen LogP contribution in [0.3, 0.4) is 0 Å². The van der Waals surface area contributed by atoms with Crippen LogP contribution in [0, 0.1) is 24.0 Å². The number of rotatable bonds is 5. The number of benzene rings is 2. The smallest absolute Gasteiger partial charge is 0.269 e. The van der Waals surface area contributed by atoms with Crippen molar-refractivity contribution in [2.45, 2.75) is 13.8 Å². The summed E-state index contributed by atoms with van der Waals surface area (Å²) < 4.78 is 1.57. The first-order chi connectivity index (χ1) is 15.3. The fourth-order valence-corrected chi connectivity index (χ4v) is 3.64. The average Bonchev–Trinajstić information content (AvgIpc) is 3.08. The van der Waals surface area contributed by atoms with Crippen molar-refractivity contribution in [1.29, 1.82) is 0 Å². The van der Waals surface area contributed by atoms with Crippen molar-refractivity contribution in [3.63, 3.8) is 0 Å². The summed E-state index contributed by atoms with van der Waals surface area (Å²) >= 11 is 0. The topological polar surface area (TPSA) is 120 Å². The molecule has 4 aromatic rings. The third-order valence-electron chi connectivity index (χ3n) is 5.52. The number of nitro benzene ring substituents is 1. The molecule has 160 valence electrons. The van der Waals surface area contributed by atoms with Gasteiger partial charge in [0.15, 0.2) is 0 Å². The first-order valence-electron chi connectivity index (χ1n) is 9.85. The lowest BCUT2D eigenvalue weighted by Gasteiger charge is -2.10. The van der Waals surface area contributed by atoms with E-state index in [0.29, 0.717) is 11.2 Å². The summed E-state index contributed by atoms with van der Waals surface area (Å²) in [5.41, 5.74) is 9.93. The third kappa shape index (κ3) is 3.47. The number of carbonyl (C=O) groups excluding carboxylic acids is 2. The largest absolute Gasteiger partial charge is 0.396 e. The summed E-state index contributed by atoms with van der Waals surface area (Å²) in [5, 5.41) is 13.8. The van der Waals surface area contributed by atoms with Crippen molar-refractivity contribution in [3.8, 4) is 0 Å². The molecule has 0 aliphatic rings. The standard InChI is InChI=1S/C24H20N4O4/c1-14-6-5-7-18(15(14)2)26-24(30)20-19-8-3-4-13-27(19)22(21(20)25)23(29)16-9-11-17(12-10-16)28(31)32/h3-13H,25H2,1-2H3,(H,26,30). The number of aromatic nitrogens is 1. The van der Waals surface area contributed by atoms with Crippen molar-refractivity contribution in [3.05, 3.63) is 105 Å². The van der Waals surface area contributed by atoms with Gasteiger partial charge in [-0.25, -0.2) is 0 Å². The maximum Gasteiger partial charge on any atom is 0.269 e. The number of aryl methyl sites for hydroxylation is 1. The highest BCUT2D eigenvalue weighted by Crippen LogP contribution is 2.30. The number of hydrogen-bond acceptors (Lipinski definition) is 5. The lowest BCUT2D eigenvalue weighted by atomic mass is 10.1. The van der Waals surface area contributed by atoms with Crippen molar-refractivity contribution in [2.75, 3.05) is 11.1 Å². The van der Waals surface area contributed by atoms with Crippen molar-refractivity contribution in [2.24, 2.45) is 0 Å². The van der Waals surface area contributed by atoms with E-state index in [1.807, 2.05) is 26.0 Å². The predicted octanol–water partition coefficient (Wildman–Crippen LogP) is 4.53. The number of nitrogens with zero attached hydrogens (tertiary/aromatic N) is 2. The van der Waals surface area contributed by atoms with E-state index in [1.165, 1.54) is 24.3 Å². The van der Waals surface area contributed by atoms with Gasteiger partial charge in [0, 0.05) is 29.6 Å². The van der Waals surface area contributed by atoms with Crippen LogP contribution in [0.5, 0.6) is 0 Å². The van der Waals surface area contributed by atoms with E-state index in [4.69, 9.17) is 5.73 Å². The molecule has 0 radical (unpaired) electrons. The van der Waals surface area contributed by atoms with Gasteiger partial charge in [-0.1, -0.05) is 18.2 Å². The molecule has 0 saturated heterocycles. The monoisotopic (exact) mass is 428 g/mol. The van der Waals surface area contributed by atoms with E-state index < -0.39 is 16.6 Å². The molecule has 0 fully saturated rings. The normalized spacial score (nSPS) is 10.8. The molecule has 0 aliphatic heterocycles. The van der Waals surface area contributed by atoms with Crippen LogP contribution < -0.4 is 11.1 Å². The van der Waals surface area contributed by atoms with Crippen LogP contribution in [0.1, 0.15) is 37.5 Å². The Kier molecular flexibility index (Phi) is 5.19. The van der Waals surface area contributed by atoms with Gasteiger partial charge in [0.1, 0.15) is 5.69 Å². The van der Waals surface area contributed by atoms with Crippen LogP contribution in [0.4, 0.5) is 17.1 Å². The molecule has 0 spiro atoms. The Morgan fingerprint density at radius 3 is 2.41 bits per heavy atom. The van der Waals surface area contributed by atoms with E-state index in [1.54, 1.807) is 34.9 Å². The maximum atomic E-state index is 13.3. The lowest BCUT2D eigenvalue weighted by Crippen LogP contribution is -2.15. The fourth-order valence-electron chi connectivity index (χ4n) is 3.64. The number of ketones is 1. The highest BCUT2D eigenvalue weighted by molar-refractivity contribution is 6.20. The van der Waals surface area contributed by atoms with Gasteiger partial charge >= 0.3 is 0 Å². The van der Waals surface area contributed by atoms with Crippen molar-refractivity contribution < 1.29 is 14.5 Å². The molecule has 8 heteroatoms. The second-order valence-electron chi connectivity index (χ2n) is 7.43. The minimum atomic E-state index is -0.537. The van der Waals surface area contributed by atoms with Crippen LogP contribution in [0.2, 0.25) is 0 Å². The zero-order valence-electron chi connectivity index (χ0n) is 17.5. The van der Waals surface area contributed by atoms with E-state index in [-0.39, 0.29) is 28.2 Å². The Morgan fingerprint density at radius 2 is 1.72 bits per heavy atom. The Balaban J connectivity index is 1.80. The van der Waals surface area contributed by atoms with Crippen molar-refractivity contribution in [1.82, 2.24) is 4.40 Å². The summed E-state index contributed by atoms with van der Waals surface area (Å²) in [6.45, 7) is 3.86. The second kappa shape index (κ2) is 7.99. The SMILES string of the molecule is Cc1cccc(NC(=O)c2c(N)c(C(=O)c3ccc([N+](=O)[O-])cc3)n3ccccc23)c1C. The van der Waals surface area contributed by atoms with Gasteiger partial charge in [0.05, 0.1) is 21.7 Å². The van der Waals surface area contributed by atoms with E-state index >= 15 is 0 Å². The molecule has 2 heterocycles. The zero-order valence-corrected chi connectivity index (χ0v) is 17.5. The molecule has 0 saturated carbocycles. The third-order valence-corrected chi connectivity index (χ3v) is 5.52. The van der Waals surface area contributed by atoms with E-state index in [0.717, 1.165) is 11.1 Å². The van der Waals surface area contributed by atoms with Gasteiger partial charge in [-0.3, -0.25) is 19.7 Å². The Labute approximate surface area is 183 Å². The molecular formula is C24H20N4O4.